The standard InChI is InChI=1S/C15H23FN2/c1-14(2,3)13-6-4-5-7-15(13,17)11-8-12(16)10-18-9-11/h8-10,13H,4-7,17H2,1-3H3. The molecule has 1 aliphatic carbocycles. The lowest BCUT2D eigenvalue weighted by Crippen LogP contribution is -2.51. The number of nitrogens with two attached hydrogens (primary N) is 1. The van der Waals surface area contributed by atoms with Crippen molar-refractivity contribution < 1.29 is 4.39 Å². The van der Waals surface area contributed by atoms with Crippen molar-refractivity contribution in [1.29, 1.82) is 0 Å². The van der Waals surface area contributed by atoms with Crippen LogP contribution in [0.3, 0.4) is 0 Å². The van der Waals surface area contributed by atoms with Crippen LogP contribution >= 0.6 is 0 Å². The minimum atomic E-state index is -0.439. The molecule has 100 valence electrons. The van der Waals surface area contributed by atoms with E-state index >= 15 is 0 Å². The van der Waals surface area contributed by atoms with Gasteiger partial charge in [0, 0.05) is 11.7 Å². The summed E-state index contributed by atoms with van der Waals surface area (Å²) < 4.78 is 13.4. The van der Waals surface area contributed by atoms with Gasteiger partial charge in [0.1, 0.15) is 5.82 Å². The van der Waals surface area contributed by atoms with Crippen molar-refractivity contribution in [3.05, 3.63) is 29.8 Å². The van der Waals surface area contributed by atoms with Crippen molar-refractivity contribution in [2.75, 3.05) is 0 Å². The number of rotatable bonds is 1. The third-order valence-corrected chi connectivity index (χ3v) is 4.24. The quantitative estimate of drug-likeness (QED) is 0.827. The second-order valence-electron chi connectivity index (χ2n) is 6.60. The summed E-state index contributed by atoms with van der Waals surface area (Å²) in [7, 11) is 0. The summed E-state index contributed by atoms with van der Waals surface area (Å²) in [5.41, 5.74) is 7.21. The number of aromatic nitrogens is 1. The monoisotopic (exact) mass is 250 g/mol. The molecule has 2 atom stereocenters. The van der Waals surface area contributed by atoms with Gasteiger partial charge in [0.25, 0.3) is 0 Å². The summed E-state index contributed by atoms with van der Waals surface area (Å²) in [5.74, 6) is 0.0675. The molecule has 0 saturated heterocycles. The fourth-order valence-electron chi connectivity index (χ4n) is 3.42. The predicted molar refractivity (Wildman–Crippen MR) is 71.5 cm³/mol. The Bertz CT molecular complexity index is 425. The second-order valence-corrected chi connectivity index (χ2v) is 6.60. The summed E-state index contributed by atoms with van der Waals surface area (Å²) in [4.78, 5) is 3.97. The predicted octanol–water partition coefficient (Wildman–Crippen LogP) is 3.61. The Balaban J connectivity index is 2.42. The number of nitrogens with zero attached hydrogens (tertiary/aromatic N) is 1. The Hall–Kier alpha value is -0.960. The number of halogens is 1. The van der Waals surface area contributed by atoms with Crippen molar-refractivity contribution in [2.24, 2.45) is 17.1 Å². The van der Waals surface area contributed by atoms with Gasteiger partial charge in [-0.05, 0) is 35.8 Å². The second kappa shape index (κ2) is 4.61. The third kappa shape index (κ3) is 2.41. The van der Waals surface area contributed by atoms with Gasteiger partial charge < -0.3 is 5.73 Å². The maximum absolute atomic E-state index is 13.4. The average molecular weight is 250 g/mol. The van der Waals surface area contributed by atoms with Gasteiger partial charge in [-0.3, -0.25) is 4.98 Å². The van der Waals surface area contributed by atoms with Crippen LogP contribution in [-0.2, 0) is 5.54 Å². The summed E-state index contributed by atoms with van der Waals surface area (Å²) >= 11 is 0. The topological polar surface area (TPSA) is 38.9 Å². The molecule has 1 fully saturated rings. The highest BCUT2D eigenvalue weighted by atomic mass is 19.1. The lowest BCUT2D eigenvalue weighted by Gasteiger charge is -2.48. The van der Waals surface area contributed by atoms with E-state index in [1.165, 1.54) is 12.6 Å². The van der Waals surface area contributed by atoms with E-state index in [0.29, 0.717) is 5.92 Å². The Morgan fingerprint density at radius 2 is 2.06 bits per heavy atom. The van der Waals surface area contributed by atoms with Crippen LogP contribution in [0.5, 0.6) is 0 Å². The van der Waals surface area contributed by atoms with Crippen LogP contribution in [-0.4, -0.2) is 4.98 Å². The number of hydrogen-bond donors (Lipinski definition) is 1. The summed E-state index contributed by atoms with van der Waals surface area (Å²) in [6.45, 7) is 6.66. The minimum Gasteiger partial charge on any atom is -0.321 e. The molecule has 2 nitrogen and oxygen atoms in total. The zero-order valence-electron chi connectivity index (χ0n) is 11.5. The van der Waals surface area contributed by atoms with Crippen LogP contribution in [0.15, 0.2) is 18.5 Å². The van der Waals surface area contributed by atoms with Crippen molar-refractivity contribution in [1.82, 2.24) is 4.98 Å². The van der Waals surface area contributed by atoms with E-state index in [4.69, 9.17) is 5.73 Å². The zero-order valence-corrected chi connectivity index (χ0v) is 11.5. The molecule has 0 radical (unpaired) electrons. The first-order valence-electron chi connectivity index (χ1n) is 6.74. The minimum absolute atomic E-state index is 0.126. The molecule has 0 bridgehead atoms. The fraction of sp³-hybridized carbons (Fsp3) is 0.667. The van der Waals surface area contributed by atoms with Crippen molar-refractivity contribution in [3.63, 3.8) is 0 Å². The van der Waals surface area contributed by atoms with Gasteiger partial charge in [0.15, 0.2) is 0 Å². The molecule has 18 heavy (non-hydrogen) atoms. The molecule has 2 unspecified atom stereocenters. The van der Waals surface area contributed by atoms with Gasteiger partial charge in [-0.2, -0.15) is 0 Å². The molecular formula is C15H23FN2. The maximum Gasteiger partial charge on any atom is 0.141 e. The van der Waals surface area contributed by atoms with Crippen LogP contribution in [0.4, 0.5) is 4.39 Å². The largest absolute Gasteiger partial charge is 0.321 e. The Morgan fingerprint density at radius 3 is 2.67 bits per heavy atom. The molecule has 2 rings (SSSR count). The molecule has 0 aromatic carbocycles. The third-order valence-electron chi connectivity index (χ3n) is 4.24. The molecule has 1 aromatic heterocycles. The van der Waals surface area contributed by atoms with E-state index in [2.05, 4.69) is 25.8 Å². The highest BCUT2D eigenvalue weighted by Gasteiger charge is 2.44. The van der Waals surface area contributed by atoms with Crippen molar-refractivity contribution >= 4 is 0 Å². The van der Waals surface area contributed by atoms with Crippen molar-refractivity contribution in [3.8, 4) is 0 Å². The first-order valence-corrected chi connectivity index (χ1v) is 6.74. The van der Waals surface area contributed by atoms with E-state index in [1.54, 1.807) is 12.3 Å². The maximum atomic E-state index is 13.4. The molecular weight excluding hydrogens is 227 g/mol. The van der Waals surface area contributed by atoms with Crippen LogP contribution in [0.25, 0.3) is 0 Å². The van der Waals surface area contributed by atoms with Crippen LogP contribution in [0.1, 0.15) is 52.0 Å². The Kier molecular flexibility index (Phi) is 3.45. The van der Waals surface area contributed by atoms with Crippen LogP contribution < -0.4 is 5.73 Å². The normalized spacial score (nSPS) is 29.3. The lowest BCUT2D eigenvalue weighted by atomic mass is 9.60. The number of pyridine rings is 1. The first kappa shape index (κ1) is 13.5. The average Bonchev–Trinajstić information content (AvgIpc) is 2.28. The van der Waals surface area contributed by atoms with Crippen LogP contribution in [0.2, 0.25) is 0 Å². The molecule has 0 amide bonds. The van der Waals surface area contributed by atoms with Gasteiger partial charge in [-0.1, -0.05) is 33.6 Å². The van der Waals surface area contributed by atoms with E-state index in [1.807, 2.05) is 0 Å². The molecule has 2 N–H and O–H groups in total. The molecule has 3 heteroatoms. The molecule has 1 aliphatic rings. The summed E-state index contributed by atoms with van der Waals surface area (Å²) in [6, 6.07) is 1.55. The van der Waals surface area contributed by atoms with Gasteiger partial charge in [0.05, 0.1) is 6.20 Å². The highest BCUT2D eigenvalue weighted by Crippen LogP contribution is 2.48. The number of hydrogen-bond acceptors (Lipinski definition) is 2. The van der Waals surface area contributed by atoms with E-state index < -0.39 is 5.54 Å². The SMILES string of the molecule is CC(C)(C)C1CCCCC1(N)c1cncc(F)c1. The zero-order chi connectivity index (χ0) is 13.4. The molecule has 0 aliphatic heterocycles. The van der Waals surface area contributed by atoms with Crippen LogP contribution in [0, 0.1) is 17.2 Å². The molecule has 1 heterocycles. The summed E-state index contributed by atoms with van der Waals surface area (Å²) in [6.07, 6.45) is 7.31. The molecule has 1 saturated carbocycles. The van der Waals surface area contributed by atoms with E-state index in [9.17, 15) is 4.39 Å². The van der Waals surface area contributed by atoms with Gasteiger partial charge in [-0.15, -0.1) is 0 Å². The first-order chi connectivity index (χ1) is 8.34. The molecule has 1 aromatic rings. The molecule has 0 spiro atoms. The smallest absolute Gasteiger partial charge is 0.141 e. The van der Waals surface area contributed by atoms with Crippen molar-refractivity contribution in [2.45, 2.75) is 52.0 Å². The Morgan fingerprint density at radius 1 is 1.33 bits per heavy atom. The highest BCUT2D eigenvalue weighted by molar-refractivity contribution is 5.24. The Labute approximate surface area is 109 Å². The lowest BCUT2D eigenvalue weighted by molar-refractivity contribution is 0.0773. The fourth-order valence-corrected chi connectivity index (χ4v) is 3.42. The summed E-state index contributed by atoms with van der Waals surface area (Å²) in [5, 5.41) is 0. The van der Waals surface area contributed by atoms with Gasteiger partial charge in [0.2, 0.25) is 0 Å². The van der Waals surface area contributed by atoms with Gasteiger partial charge >= 0.3 is 0 Å². The van der Waals surface area contributed by atoms with E-state index in [0.717, 1.165) is 24.8 Å². The van der Waals surface area contributed by atoms with E-state index in [-0.39, 0.29) is 11.2 Å². The van der Waals surface area contributed by atoms with Gasteiger partial charge in [-0.25, -0.2) is 4.39 Å².